The third-order valence-electron chi connectivity index (χ3n) is 4.39. The molecule has 0 spiro atoms. The number of rotatable bonds is 5. The molecule has 138 valence electrons. The highest BCUT2D eigenvalue weighted by molar-refractivity contribution is 5.94. The topological polar surface area (TPSA) is 73.8 Å². The predicted molar refractivity (Wildman–Crippen MR) is 100 cm³/mol. The van der Waals surface area contributed by atoms with E-state index in [-0.39, 0.29) is 18.6 Å². The molecule has 1 atom stereocenters. The van der Waals surface area contributed by atoms with Crippen LogP contribution in [0.3, 0.4) is 0 Å². The molecule has 0 saturated carbocycles. The fourth-order valence-electron chi connectivity index (χ4n) is 3.00. The smallest absolute Gasteiger partial charge is 0.253 e. The number of fused-ring (bicyclic) bond motifs is 1. The minimum atomic E-state index is -0.247. The lowest BCUT2D eigenvalue weighted by molar-refractivity contribution is -0.130. The molecular formula is C20H19N3O4. The minimum absolute atomic E-state index is 0.00778. The van der Waals surface area contributed by atoms with Crippen molar-refractivity contribution < 1.29 is 19.0 Å². The summed E-state index contributed by atoms with van der Waals surface area (Å²) >= 11 is 0. The third kappa shape index (κ3) is 3.68. The van der Waals surface area contributed by atoms with E-state index in [1.165, 1.54) is 0 Å². The van der Waals surface area contributed by atoms with Crippen LogP contribution in [0.4, 0.5) is 5.69 Å². The Bertz CT molecular complexity index is 940. The van der Waals surface area contributed by atoms with Crippen molar-refractivity contribution in [1.29, 1.82) is 0 Å². The van der Waals surface area contributed by atoms with Gasteiger partial charge in [0.15, 0.2) is 0 Å². The highest BCUT2D eigenvalue weighted by atomic mass is 16.5. The number of para-hydroxylation sites is 1. The zero-order chi connectivity index (χ0) is 18.6. The lowest BCUT2D eigenvalue weighted by atomic mass is 10.2. The lowest BCUT2D eigenvalue weighted by Crippen LogP contribution is -2.48. The average molecular weight is 365 g/mol. The summed E-state index contributed by atoms with van der Waals surface area (Å²) in [7, 11) is 1.55. The number of carbonyl (C=O) groups excluding carboxylic acids is 1. The van der Waals surface area contributed by atoms with Gasteiger partial charge in [0.1, 0.15) is 30.6 Å². The van der Waals surface area contributed by atoms with Gasteiger partial charge >= 0.3 is 0 Å². The van der Waals surface area contributed by atoms with Crippen molar-refractivity contribution in [2.45, 2.75) is 6.10 Å². The van der Waals surface area contributed by atoms with E-state index in [0.29, 0.717) is 30.5 Å². The number of anilines is 1. The molecule has 4 rings (SSSR count). The standard InChI is InChI=1S/C20H19N3O4/c1-25-18-8-7-15(10-22-18)23-11-16(26-13-19(23)24)12-27-17-6-2-4-14-5-3-9-21-20(14)17/h2-10,16H,11-13H2,1H3. The number of benzene rings is 1. The van der Waals surface area contributed by atoms with E-state index < -0.39 is 0 Å². The fourth-order valence-corrected chi connectivity index (χ4v) is 3.00. The Kier molecular flexibility index (Phi) is 4.84. The van der Waals surface area contributed by atoms with Crippen molar-refractivity contribution in [1.82, 2.24) is 9.97 Å². The van der Waals surface area contributed by atoms with Gasteiger partial charge < -0.3 is 19.1 Å². The molecule has 0 bridgehead atoms. The number of morpholine rings is 1. The highest BCUT2D eigenvalue weighted by Gasteiger charge is 2.28. The molecule has 1 fully saturated rings. The largest absolute Gasteiger partial charge is 0.489 e. The van der Waals surface area contributed by atoms with Gasteiger partial charge in [-0.15, -0.1) is 0 Å². The van der Waals surface area contributed by atoms with Crippen LogP contribution in [0.25, 0.3) is 10.9 Å². The van der Waals surface area contributed by atoms with Crippen molar-refractivity contribution in [2.24, 2.45) is 0 Å². The SMILES string of the molecule is COc1ccc(N2CC(COc3cccc4cccnc34)OCC2=O)cn1. The van der Waals surface area contributed by atoms with E-state index in [1.807, 2.05) is 36.4 Å². The number of pyridine rings is 2. The van der Waals surface area contributed by atoms with Crippen LogP contribution in [0.5, 0.6) is 11.6 Å². The quantitative estimate of drug-likeness (QED) is 0.691. The van der Waals surface area contributed by atoms with Crippen LogP contribution in [0.2, 0.25) is 0 Å². The first-order chi connectivity index (χ1) is 13.2. The van der Waals surface area contributed by atoms with Crippen LogP contribution in [-0.2, 0) is 9.53 Å². The first-order valence-corrected chi connectivity index (χ1v) is 8.63. The van der Waals surface area contributed by atoms with Gasteiger partial charge in [-0.2, -0.15) is 0 Å². The van der Waals surface area contributed by atoms with Crippen LogP contribution in [0.15, 0.2) is 54.9 Å². The van der Waals surface area contributed by atoms with Crippen LogP contribution in [-0.4, -0.2) is 48.8 Å². The number of amides is 1. The van der Waals surface area contributed by atoms with Crippen LogP contribution in [0, 0.1) is 0 Å². The van der Waals surface area contributed by atoms with E-state index in [9.17, 15) is 4.79 Å². The number of hydrogen-bond acceptors (Lipinski definition) is 6. The average Bonchev–Trinajstić information content (AvgIpc) is 2.73. The van der Waals surface area contributed by atoms with Crippen LogP contribution < -0.4 is 14.4 Å². The fraction of sp³-hybridized carbons (Fsp3) is 0.250. The molecule has 1 unspecified atom stereocenters. The third-order valence-corrected chi connectivity index (χ3v) is 4.39. The van der Waals surface area contributed by atoms with Gasteiger partial charge in [-0.1, -0.05) is 18.2 Å². The number of hydrogen-bond donors (Lipinski definition) is 0. The molecule has 3 heterocycles. The predicted octanol–water partition coefficient (Wildman–Crippen LogP) is 2.45. The van der Waals surface area contributed by atoms with E-state index in [4.69, 9.17) is 14.2 Å². The molecule has 1 aromatic carbocycles. The second kappa shape index (κ2) is 7.59. The van der Waals surface area contributed by atoms with E-state index in [2.05, 4.69) is 9.97 Å². The molecule has 27 heavy (non-hydrogen) atoms. The van der Waals surface area contributed by atoms with Gasteiger partial charge in [-0.25, -0.2) is 4.98 Å². The van der Waals surface area contributed by atoms with E-state index in [1.54, 1.807) is 30.5 Å². The van der Waals surface area contributed by atoms with Gasteiger partial charge in [-0.05, 0) is 18.2 Å². The van der Waals surface area contributed by atoms with Gasteiger partial charge in [0, 0.05) is 17.6 Å². The number of aromatic nitrogens is 2. The van der Waals surface area contributed by atoms with E-state index in [0.717, 1.165) is 10.9 Å². The van der Waals surface area contributed by atoms with Crippen molar-refractivity contribution in [3.63, 3.8) is 0 Å². The zero-order valence-electron chi connectivity index (χ0n) is 14.9. The van der Waals surface area contributed by atoms with E-state index >= 15 is 0 Å². The minimum Gasteiger partial charge on any atom is -0.489 e. The molecule has 1 aliphatic heterocycles. The molecule has 7 nitrogen and oxygen atoms in total. The van der Waals surface area contributed by atoms with Crippen molar-refractivity contribution >= 4 is 22.5 Å². The zero-order valence-corrected chi connectivity index (χ0v) is 14.9. The Hall–Kier alpha value is -3.19. The Labute approximate surface area is 156 Å². The molecule has 3 aromatic rings. The number of nitrogens with zero attached hydrogens (tertiary/aromatic N) is 3. The van der Waals surface area contributed by atoms with Crippen molar-refractivity contribution in [3.05, 3.63) is 54.9 Å². The van der Waals surface area contributed by atoms with Crippen LogP contribution in [0.1, 0.15) is 0 Å². The van der Waals surface area contributed by atoms with Crippen molar-refractivity contribution in [2.75, 3.05) is 31.8 Å². The first-order valence-electron chi connectivity index (χ1n) is 8.63. The van der Waals surface area contributed by atoms with Gasteiger partial charge in [0.25, 0.3) is 5.91 Å². The Balaban J connectivity index is 1.45. The molecular weight excluding hydrogens is 346 g/mol. The second-order valence-corrected chi connectivity index (χ2v) is 6.14. The van der Waals surface area contributed by atoms with Gasteiger partial charge in [0.2, 0.25) is 5.88 Å². The maximum Gasteiger partial charge on any atom is 0.253 e. The second-order valence-electron chi connectivity index (χ2n) is 6.14. The lowest BCUT2D eigenvalue weighted by Gasteiger charge is -2.32. The molecule has 7 heteroatoms. The number of carbonyl (C=O) groups is 1. The maximum absolute atomic E-state index is 12.2. The Morgan fingerprint density at radius 2 is 2.07 bits per heavy atom. The summed E-state index contributed by atoms with van der Waals surface area (Å²) in [5.74, 6) is 1.10. The Morgan fingerprint density at radius 1 is 1.19 bits per heavy atom. The molecule has 0 radical (unpaired) electrons. The first kappa shape index (κ1) is 17.2. The maximum atomic E-state index is 12.2. The Morgan fingerprint density at radius 3 is 2.89 bits per heavy atom. The van der Waals surface area contributed by atoms with Crippen LogP contribution >= 0.6 is 0 Å². The molecule has 1 saturated heterocycles. The molecule has 0 aliphatic carbocycles. The summed E-state index contributed by atoms with van der Waals surface area (Å²) in [5.41, 5.74) is 1.52. The van der Waals surface area contributed by atoms with Gasteiger partial charge in [-0.3, -0.25) is 9.78 Å². The normalized spacial score (nSPS) is 17.1. The molecule has 1 aliphatic rings. The number of ether oxygens (including phenoxy) is 3. The molecule has 2 aromatic heterocycles. The number of methoxy groups -OCH3 is 1. The summed E-state index contributed by atoms with van der Waals surface area (Å²) in [6, 6.07) is 13.2. The summed E-state index contributed by atoms with van der Waals surface area (Å²) in [5, 5.41) is 1.01. The highest BCUT2D eigenvalue weighted by Crippen LogP contribution is 2.24. The monoisotopic (exact) mass is 365 g/mol. The summed E-state index contributed by atoms with van der Waals surface area (Å²) < 4.78 is 16.7. The molecule has 1 amide bonds. The summed E-state index contributed by atoms with van der Waals surface area (Å²) in [6.07, 6.45) is 3.11. The van der Waals surface area contributed by atoms with Crippen molar-refractivity contribution in [3.8, 4) is 11.6 Å². The summed E-state index contributed by atoms with van der Waals surface area (Å²) in [4.78, 5) is 22.4. The summed E-state index contributed by atoms with van der Waals surface area (Å²) in [6.45, 7) is 0.724. The molecule has 0 N–H and O–H groups in total. The van der Waals surface area contributed by atoms with Gasteiger partial charge in [0.05, 0.1) is 25.5 Å².